The highest BCUT2D eigenvalue weighted by Crippen LogP contribution is 2.43. The van der Waals surface area contributed by atoms with E-state index < -0.39 is 169 Å². The minimum Gasteiger partial charge on any atom is -0.462 e. The van der Waals surface area contributed by atoms with Gasteiger partial charge in [-0.15, -0.1) is 0 Å². The van der Waals surface area contributed by atoms with Gasteiger partial charge in [-0.2, -0.15) is 0 Å². The van der Waals surface area contributed by atoms with Crippen LogP contribution >= 0.6 is 7.82 Å². The van der Waals surface area contributed by atoms with Gasteiger partial charge in [-0.25, -0.2) is 4.57 Å². The molecule has 1 saturated heterocycles. The number of carbonyl (C=O) groups excluding carboxylic acids is 8. The molecular formula is C59H109N6O19P. The van der Waals surface area contributed by atoms with Crippen molar-refractivity contribution in [1.29, 1.82) is 0 Å². The topological polar surface area (TPSA) is 376 Å². The maximum atomic E-state index is 13.2. The fourth-order valence-corrected chi connectivity index (χ4v) is 10.0. The summed E-state index contributed by atoms with van der Waals surface area (Å²) < 4.78 is 76.9. The van der Waals surface area contributed by atoms with Gasteiger partial charge in [0, 0.05) is 36.8 Å². The molecule has 0 radical (unpaired) electrons. The van der Waals surface area contributed by atoms with E-state index in [4.69, 9.17) is 39.2 Å². The Bertz CT molecular complexity index is 2130. The van der Waals surface area contributed by atoms with Gasteiger partial charge in [0.15, 0.2) is 12.4 Å². The minimum atomic E-state index is -5.01. The highest BCUT2D eigenvalue weighted by Gasteiger charge is 2.47. The lowest BCUT2D eigenvalue weighted by Gasteiger charge is -2.43. The molecule has 0 spiro atoms. The van der Waals surface area contributed by atoms with Crippen LogP contribution in [0.4, 0.5) is 0 Å². The van der Waals surface area contributed by atoms with Gasteiger partial charge >= 0.3 is 19.8 Å². The predicted octanol–water partition coefficient (Wildman–Crippen LogP) is 5.76. The number of nitrogens with two attached hydrogens (primary N) is 1. The van der Waals surface area contributed by atoms with Gasteiger partial charge in [-0.3, -0.25) is 47.4 Å². The number of phosphoric acid groups is 1. The number of aliphatic hydroxyl groups excluding tert-OH is 3. The van der Waals surface area contributed by atoms with Gasteiger partial charge in [-0.1, -0.05) is 168 Å². The number of unbranched alkanes of at least 4 members (excludes halogenated alkanes) is 24. The Morgan fingerprint density at radius 3 is 1.66 bits per heavy atom. The first-order valence-electron chi connectivity index (χ1n) is 33.1. The van der Waals surface area contributed by atoms with E-state index in [-0.39, 0.29) is 12.8 Å². The van der Waals surface area contributed by atoms with Crippen LogP contribution in [0.1, 0.15) is 240 Å². The van der Waals surface area contributed by atoms with Gasteiger partial charge in [0.1, 0.15) is 55.2 Å². The second-order valence-corrected chi connectivity index (χ2v) is 23.5. The van der Waals surface area contributed by atoms with E-state index in [1.54, 1.807) is 5.32 Å². The predicted molar refractivity (Wildman–Crippen MR) is 318 cm³/mol. The molecule has 85 heavy (non-hydrogen) atoms. The van der Waals surface area contributed by atoms with Crippen LogP contribution in [0.5, 0.6) is 0 Å². The van der Waals surface area contributed by atoms with Crippen molar-refractivity contribution >= 4 is 55.2 Å². The summed E-state index contributed by atoms with van der Waals surface area (Å²) >= 11 is 0. The van der Waals surface area contributed by atoms with E-state index in [0.717, 1.165) is 58.3 Å². The number of amides is 6. The largest absolute Gasteiger partial charge is 0.472 e. The molecule has 0 aliphatic carbocycles. The molecule has 1 heterocycles. The Balaban J connectivity index is 2.80. The number of aliphatic hydroxyl groups is 3. The van der Waals surface area contributed by atoms with Crippen molar-refractivity contribution in [1.82, 2.24) is 26.6 Å². The molecule has 25 nitrogen and oxygen atoms in total. The fraction of sp³-hybridized carbons (Fsp3) is 0.864. The van der Waals surface area contributed by atoms with Crippen LogP contribution in [0, 0.1) is 0 Å². The molecule has 11 N–H and O–H groups in total. The highest BCUT2D eigenvalue weighted by molar-refractivity contribution is 7.47. The maximum Gasteiger partial charge on any atom is 0.472 e. The summed E-state index contributed by atoms with van der Waals surface area (Å²) in [4.78, 5) is 113. The molecule has 11 atom stereocenters. The number of hydrogen-bond acceptors (Lipinski definition) is 18. The Morgan fingerprint density at radius 2 is 1.18 bits per heavy atom. The van der Waals surface area contributed by atoms with Crippen LogP contribution in [0.15, 0.2) is 0 Å². The average molecular weight is 1240 g/mol. The Labute approximate surface area is 510 Å². The summed E-state index contributed by atoms with van der Waals surface area (Å²) in [6.07, 6.45) is 18.9. The fourth-order valence-electron chi connectivity index (χ4n) is 9.27. The summed E-state index contributed by atoms with van der Waals surface area (Å²) in [6.45, 7) is 0.898. The Morgan fingerprint density at radius 1 is 0.671 bits per heavy atom. The van der Waals surface area contributed by atoms with E-state index in [0.29, 0.717) is 12.8 Å². The SMILES string of the molecule is [2H][13C]([2H])([2H])[13C@]([2H])(NC(=O)CC[C@H](NC(=O)[C@H](C)NC(=O)[C@@H](C)O[C@H]1[C@H](O)[C@@H](CO)OC(O)[C@@H]1NC(C)=O)C(N)=O)[13C](=O)NCCOP(=O)(O)OCC(COC(=O)CCCCCCCCCCCCCCC)OC(=O)CCCCCCCCCCCCCCC. The number of rotatable bonds is 52. The molecule has 1 fully saturated rings. The van der Waals surface area contributed by atoms with Crippen LogP contribution in [-0.2, 0) is 70.9 Å². The summed E-state index contributed by atoms with van der Waals surface area (Å²) in [7, 11) is -5.01. The van der Waals surface area contributed by atoms with Crippen LogP contribution in [-0.4, -0.2) is 162 Å². The first-order chi connectivity index (χ1) is 42.1. The Hall–Kier alpha value is -4.33. The molecular weight excluding hydrogens is 1130 g/mol. The van der Waals surface area contributed by atoms with E-state index in [9.17, 15) is 63.1 Å². The van der Waals surface area contributed by atoms with Gasteiger partial charge in [0.05, 0.1) is 21.2 Å². The first-order valence-corrected chi connectivity index (χ1v) is 32.6. The smallest absolute Gasteiger partial charge is 0.462 e. The zero-order valence-electron chi connectivity index (χ0n) is 55.4. The van der Waals surface area contributed by atoms with Crippen LogP contribution in [0.25, 0.3) is 0 Å². The molecule has 0 aromatic carbocycles. The number of carbonyl (C=O) groups is 8. The molecule has 0 aromatic heterocycles. The number of ether oxygens (including phenoxy) is 4. The second kappa shape index (κ2) is 47.7. The third-order valence-corrected chi connectivity index (χ3v) is 15.3. The number of hydrogen-bond donors (Lipinski definition) is 10. The number of primary amides is 1. The van der Waals surface area contributed by atoms with Crippen molar-refractivity contribution in [3.63, 3.8) is 0 Å². The molecule has 1 aliphatic heterocycles. The maximum absolute atomic E-state index is 13.2. The second-order valence-electron chi connectivity index (χ2n) is 22.0. The molecule has 26 heteroatoms. The quantitative estimate of drug-likeness (QED) is 0.0150. The lowest BCUT2D eigenvalue weighted by molar-refractivity contribution is -0.266. The normalized spacial score (nSPS) is 20.5. The van der Waals surface area contributed by atoms with Gasteiger partial charge in [0.2, 0.25) is 35.4 Å². The van der Waals surface area contributed by atoms with E-state index >= 15 is 0 Å². The van der Waals surface area contributed by atoms with Crippen molar-refractivity contribution in [2.75, 3.05) is 33.0 Å². The summed E-state index contributed by atoms with van der Waals surface area (Å²) in [5.74, 6) is -7.85. The average Bonchev–Trinajstić information content (AvgIpc) is 1.19. The third kappa shape index (κ3) is 38.5. The molecule has 0 aromatic rings. The van der Waals surface area contributed by atoms with Crippen molar-refractivity contribution < 1.29 is 96.6 Å². The van der Waals surface area contributed by atoms with E-state index in [1.807, 2.05) is 5.32 Å². The molecule has 1 rings (SSSR count). The summed E-state index contributed by atoms with van der Waals surface area (Å²) in [5, 5.41) is 41.4. The summed E-state index contributed by atoms with van der Waals surface area (Å²) in [5.41, 5.74) is 5.45. The molecule has 0 bridgehead atoms. The zero-order chi connectivity index (χ0) is 66.8. The third-order valence-electron chi connectivity index (χ3n) is 14.3. The number of nitrogens with one attached hydrogen (secondary N) is 5. The lowest BCUT2D eigenvalue weighted by Crippen LogP contribution is -2.65. The monoisotopic (exact) mass is 1240 g/mol. The van der Waals surface area contributed by atoms with Crippen molar-refractivity contribution in [3.05, 3.63) is 0 Å². The standard InChI is InChI=1S/C59H109N6O19P/c1-7-9-11-13-15-17-19-21-23-25-27-29-31-33-50(69)79-40-46(83-51(70)34-32-30-28-26-24-22-20-18-16-14-12-10-8-2)41-81-85(77,78)80-38-37-61-56(73)42(3)62-49(68)36-35-47(55(60)72)65-57(74)43(4)63-58(75)44(5)82-54-52(64-45(6)67)59(76)84-48(39-66)53(54)71/h42-44,46-48,52-54,59,66,71,76H,7-41H2,1-6H3,(H2,60,72)(H,61,73)(H,62,68)(H,63,75)(H,64,67)(H,65,74)(H,77,78)/t42-,43-,44+,46?,47-,48+,52+,53+,54+,59?/m0/s1/i3+1D3,42+1D,56+1. The van der Waals surface area contributed by atoms with Crippen molar-refractivity contribution in [3.8, 4) is 0 Å². The number of phosphoric ester groups is 1. The van der Waals surface area contributed by atoms with Gasteiger partial charge in [0.25, 0.3) is 0 Å². The molecule has 0 saturated carbocycles. The molecule has 1 aliphatic rings. The highest BCUT2D eigenvalue weighted by atomic mass is 31.2. The van der Waals surface area contributed by atoms with Gasteiger partial charge < -0.3 is 71.5 Å². The van der Waals surface area contributed by atoms with E-state index in [1.165, 1.54) is 117 Å². The molecule has 3 unspecified atom stereocenters. The summed E-state index contributed by atoms with van der Waals surface area (Å²) in [6, 6.07) is -7.83. The van der Waals surface area contributed by atoms with Gasteiger partial charge in [-0.05, 0) is 40.0 Å². The van der Waals surface area contributed by atoms with Crippen molar-refractivity contribution in [2.45, 2.75) is 295 Å². The molecule has 494 valence electrons. The number of esters is 2. The van der Waals surface area contributed by atoms with Crippen LogP contribution in [0.2, 0.25) is 0 Å². The van der Waals surface area contributed by atoms with Crippen LogP contribution < -0.4 is 32.3 Å². The first kappa shape index (κ1) is 71.4. The van der Waals surface area contributed by atoms with Crippen molar-refractivity contribution in [2.24, 2.45) is 5.73 Å². The molecule has 6 amide bonds. The van der Waals surface area contributed by atoms with Crippen LogP contribution in [0.3, 0.4) is 0 Å². The zero-order valence-corrected chi connectivity index (χ0v) is 52.3. The van der Waals surface area contributed by atoms with E-state index in [2.05, 4.69) is 29.8 Å². The lowest BCUT2D eigenvalue weighted by atomic mass is 9.96. The Kier molecular flexibility index (Phi) is 40.1. The minimum absolute atomic E-state index is 0.0499.